The molecule has 1 heterocycles. The van der Waals surface area contributed by atoms with Crippen LogP contribution >= 0.6 is 0 Å². The Bertz CT molecular complexity index is 434. The molecular weight excluding hydrogens is 238 g/mol. The largest absolute Gasteiger partial charge is 0.477 e. The first-order chi connectivity index (χ1) is 8.29. The maximum atomic E-state index is 11.3. The highest BCUT2D eigenvalue weighted by Crippen LogP contribution is 2.06. The topological polar surface area (TPSA) is 93.5 Å². The van der Waals surface area contributed by atoms with E-state index in [2.05, 4.69) is 10.4 Å². The van der Waals surface area contributed by atoms with E-state index in [0.29, 0.717) is 0 Å². The molecule has 0 aromatic carbocycles. The van der Waals surface area contributed by atoms with E-state index in [1.165, 1.54) is 16.9 Å². The summed E-state index contributed by atoms with van der Waals surface area (Å²) in [6.07, 6.45) is 0.864. The lowest BCUT2D eigenvalue weighted by atomic mass is 10.2. The van der Waals surface area contributed by atoms with Crippen molar-refractivity contribution in [2.24, 2.45) is 0 Å². The van der Waals surface area contributed by atoms with Crippen LogP contribution in [0, 0.1) is 0 Å². The molecule has 0 aliphatic carbocycles. The fourth-order valence-electron chi connectivity index (χ4n) is 1.27. The maximum Gasteiger partial charge on any atom is 0.407 e. The van der Waals surface area contributed by atoms with Crippen molar-refractivity contribution in [2.75, 3.05) is 6.54 Å². The number of carbonyl (C=O) groups is 2. The van der Waals surface area contributed by atoms with E-state index in [1.54, 1.807) is 20.8 Å². The number of hydrogen-bond donors (Lipinski definition) is 2. The van der Waals surface area contributed by atoms with Crippen molar-refractivity contribution < 1.29 is 19.4 Å². The Morgan fingerprint density at radius 1 is 1.50 bits per heavy atom. The molecule has 0 saturated heterocycles. The molecule has 0 radical (unpaired) electrons. The summed E-state index contributed by atoms with van der Waals surface area (Å²) in [5, 5.41) is 15.2. The van der Waals surface area contributed by atoms with Crippen LogP contribution in [0.5, 0.6) is 0 Å². The third-order valence-corrected chi connectivity index (χ3v) is 1.93. The van der Waals surface area contributed by atoms with Crippen molar-refractivity contribution >= 4 is 12.1 Å². The van der Waals surface area contributed by atoms with Gasteiger partial charge in [0, 0.05) is 12.7 Å². The first-order valence-electron chi connectivity index (χ1n) is 5.51. The lowest BCUT2D eigenvalue weighted by Crippen LogP contribution is -2.34. The molecule has 0 aliphatic heterocycles. The van der Waals surface area contributed by atoms with Crippen LogP contribution in [0.4, 0.5) is 4.79 Å². The van der Waals surface area contributed by atoms with Gasteiger partial charge in [0.25, 0.3) is 0 Å². The molecule has 0 unspecified atom stereocenters. The van der Waals surface area contributed by atoms with E-state index >= 15 is 0 Å². The van der Waals surface area contributed by atoms with Crippen LogP contribution in [0.15, 0.2) is 12.3 Å². The maximum absolute atomic E-state index is 11.3. The van der Waals surface area contributed by atoms with E-state index in [0.717, 1.165) is 0 Å². The number of ether oxygens (including phenoxy) is 1. The van der Waals surface area contributed by atoms with Crippen LogP contribution in [0.1, 0.15) is 31.3 Å². The number of carboxylic acid groups (broad SMARTS) is 1. The Labute approximate surface area is 105 Å². The summed E-state index contributed by atoms with van der Waals surface area (Å²) >= 11 is 0. The molecule has 7 heteroatoms. The Kier molecular flexibility index (Phi) is 4.30. The average Bonchev–Trinajstić information content (AvgIpc) is 2.62. The SMILES string of the molecule is CC(C)(C)OC(=O)NCCn1nccc1C(=O)O. The van der Waals surface area contributed by atoms with Gasteiger partial charge in [-0.1, -0.05) is 0 Å². The van der Waals surface area contributed by atoms with Crippen molar-refractivity contribution in [3.8, 4) is 0 Å². The monoisotopic (exact) mass is 255 g/mol. The van der Waals surface area contributed by atoms with Crippen LogP contribution in [-0.4, -0.2) is 39.1 Å². The smallest absolute Gasteiger partial charge is 0.407 e. The van der Waals surface area contributed by atoms with E-state index in [-0.39, 0.29) is 18.8 Å². The molecule has 0 aliphatic rings. The van der Waals surface area contributed by atoms with Gasteiger partial charge in [0.2, 0.25) is 0 Å². The third kappa shape index (κ3) is 4.44. The minimum absolute atomic E-state index is 0.0842. The number of nitrogens with zero attached hydrogens (tertiary/aromatic N) is 2. The van der Waals surface area contributed by atoms with Gasteiger partial charge in [-0.25, -0.2) is 9.59 Å². The van der Waals surface area contributed by atoms with Gasteiger partial charge in [0.1, 0.15) is 11.3 Å². The van der Waals surface area contributed by atoms with E-state index < -0.39 is 17.7 Å². The normalized spacial score (nSPS) is 11.1. The van der Waals surface area contributed by atoms with Gasteiger partial charge >= 0.3 is 12.1 Å². The number of aromatic carboxylic acids is 1. The highest BCUT2D eigenvalue weighted by Gasteiger charge is 2.16. The summed E-state index contributed by atoms with van der Waals surface area (Å²) in [5.74, 6) is -1.05. The number of amides is 1. The highest BCUT2D eigenvalue weighted by atomic mass is 16.6. The van der Waals surface area contributed by atoms with Gasteiger partial charge in [-0.15, -0.1) is 0 Å². The Morgan fingerprint density at radius 2 is 2.17 bits per heavy atom. The van der Waals surface area contributed by atoms with Crippen LogP contribution < -0.4 is 5.32 Å². The van der Waals surface area contributed by atoms with Crippen molar-refractivity contribution in [1.82, 2.24) is 15.1 Å². The molecule has 0 saturated carbocycles. The number of nitrogens with one attached hydrogen (secondary N) is 1. The third-order valence-electron chi connectivity index (χ3n) is 1.93. The van der Waals surface area contributed by atoms with E-state index in [1.807, 2.05) is 0 Å². The van der Waals surface area contributed by atoms with Gasteiger partial charge in [0.15, 0.2) is 0 Å². The summed E-state index contributed by atoms with van der Waals surface area (Å²) < 4.78 is 6.34. The van der Waals surface area contributed by atoms with Gasteiger partial charge in [0.05, 0.1) is 6.54 Å². The fraction of sp³-hybridized carbons (Fsp3) is 0.545. The molecule has 1 aromatic rings. The van der Waals surface area contributed by atoms with Gasteiger partial charge in [-0.2, -0.15) is 5.10 Å². The first-order valence-corrected chi connectivity index (χ1v) is 5.51. The van der Waals surface area contributed by atoms with Crippen LogP contribution in [0.2, 0.25) is 0 Å². The van der Waals surface area contributed by atoms with Crippen molar-refractivity contribution in [1.29, 1.82) is 0 Å². The molecule has 2 N–H and O–H groups in total. The molecule has 1 rings (SSSR count). The van der Waals surface area contributed by atoms with Gasteiger partial charge in [-0.05, 0) is 26.8 Å². The molecule has 0 spiro atoms. The molecule has 0 fully saturated rings. The van der Waals surface area contributed by atoms with Gasteiger partial charge < -0.3 is 15.2 Å². The molecule has 0 atom stereocenters. The summed E-state index contributed by atoms with van der Waals surface area (Å²) in [6.45, 7) is 5.82. The molecule has 0 bridgehead atoms. The van der Waals surface area contributed by atoms with Crippen molar-refractivity contribution in [3.63, 3.8) is 0 Å². The van der Waals surface area contributed by atoms with Crippen LogP contribution in [0.3, 0.4) is 0 Å². The predicted octanol–water partition coefficient (Wildman–Crippen LogP) is 1.11. The number of alkyl carbamates (subject to hydrolysis) is 1. The quantitative estimate of drug-likeness (QED) is 0.840. The Balaban J connectivity index is 2.40. The first kappa shape index (κ1) is 14.0. The number of aromatic nitrogens is 2. The second-order valence-electron chi connectivity index (χ2n) is 4.67. The summed E-state index contributed by atoms with van der Waals surface area (Å²) in [4.78, 5) is 22.1. The second kappa shape index (κ2) is 5.52. The molecule has 100 valence electrons. The molecule has 18 heavy (non-hydrogen) atoms. The zero-order valence-electron chi connectivity index (χ0n) is 10.6. The lowest BCUT2D eigenvalue weighted by molar-refractivity contribution is 0.0525. The minimum atomic E-state index is -1.05. The Hall–Kier alpha value is -2.05. The molecule has 7 nitrogen and oxygen atoms in total. The van der Waals surface area contributed by atoms with Crippen molar-refractivity contribution in [3.05, 3.63) is 18.0 Å². The lowest BCUT2D eigenvalue weighted by Gasteiger charge is -2.19. The second-order valence-corrected chi connectivity index (χ2v) is 4.67. The fourth-order valence-corrected chi connectivity index (χ4v) is 1.27. The standard InChI is InChI=1S/C11H17N3O4/c1-11(2,3)18-10(17)12-6-7-14-8(9(15)16)4-5-13-14/h4-5H,6-7H2,1-3H3,(H,12,17)(H,15,16). The molecule has 1 amide bonds. The van der Waals surface area contributed by atoms with Crippen LogP contribution in [-0.2, 0) is 11.3 Å². The zero-order valence-corrected chi connectivity index (χ0v) is 10.6. The average molecular weight is 255 g/mol. The number of hydrogen-bond acceptors (Lipinski definition) is 4. The molecular formula is C11H17N3O4. The van der Waals surface area contributed by atoms with Crippen LogP contribution in [0.25, 0.3) is 0 Å². The molecule has 1 aromatic heterocycles. The number of rotatable bonds is 4. The predicted molar refractivity (Wildman–Crippen MR) is 63.4 cm³/mol. The Morgan fingerprint density at radius 3 is 2.72 bits per heavy atom. The van der Waals surface area contributed by atoms with Crippen molar-refractivity contribution in [2.45, 2.75) is 32.9 Å². The number of carboxylic acids is 1. The van der Waals surface area contributed by atoms with Gasteiger partial charge in [-0.3, -0.25) is 4.68 Å². The zero-order chi connectivity index (χ0) is 13.8. The summed E-state index contributed by atoms with van der Waals surface area (Å²) in [6, 6.07) is 1.40. The minimum Gasteiger partial charge on any atom is -0.477 e. The highest BCUT2D eigenvalue weighted by molar-refractivity contribution is 5.85. The summed E-state index contributed by atoms with van der Waals surface area (Å²) in [7, 11) is 0. The van der Waals surface area contributed by atoms with E-state index in [4.69, 9.17) is 9.84 Å². The van der Waals surface area contributed by atoms with E-state index in [9.17, 15) is 9.59 Å². The number of carbonyl (C=O) groups excluding carboxylic acids is 1. The summed E-state index contributed by atoms with van der Waals surface area (Å²) in [5.41, 5.74) is -0.469.